The Morgan fingerprint density at radius 3 is 2.23 bits per heavy atom. The zero-order valence-corrected chi connectivity index (χ0v) is 17.9. The summed E-state index contributed by atoms with van der Waals surface area (Å²) in [7, 11) is 4.73. The quantitative estimate of drug-likeness (QED) is 0.679. The van der Waals surface area contributed by atoms with Crippen molar-refractivity contribution in [1.82, 2.24) is 4.90 Å². The molecule has 7 nitrogen and oxygen atoms in total. The number of hydrogen-bond donors (Lipinski definition) is 0. The predicted molar refractivity (Wildman–Crippen MR) is 113 cm³/mol. The fourth-order valence-corrected chi connectivity index (χ4v) is 4.39. The van der Waals surface area contributed by atoms with Gasteiger partial charge in [0.25, 0.3) is 5.91 Å². The van der Waals surface area contributed by atoms with Gasteiger partial charge in [0.05, 0.1) is 44.5 Å². The van der Waals surface area contributed by atoms with E-state index in [4.69, 9.17) is 25.8 Å². The largest absolute Gasteiger partial charge is 0.495 e. The predicted octanol–water partition coefficient (Wildman–Crippen LogP) is 3.06. The molecule has 0 radical (unpaired) electrons. The summed E-state index contributed by atoms with van der Waals surface area (Å²) in [6.45, 7) is 1.25. The Bertz CT molecular complexity index is 1010. The zero-order chi connectivity index (χ0) is 21.4. The van der Waals surface area contributed by atoms with Gasteiger partial charge in [-0.15, -0.1) is 0 Å². The minimum absolute atomic E-state index is 0.144. The van der Waals surface area contributed by atoms with Crippen molar-refractivity contribution in [2.75, 3.05) is 32.8 Å². The van der Waals surface area contributed by atoms with Crippen LogP contribution in [0, 0.1) is 0 Å². The van der Waals surface area contributed by atoms with Crippen molar-refractivity contribution in [2.24, 2.45) is 0 Å². The third kappa shape index (κ3) is 3.48. The monoisotopic (exact) mass is 430 g/mol. The van der Waals surface area contributed by atoms with Crippen LogP contribution in [-0.4, -0.2) is 50.6 Å². The van der Waals surface area contributed by atoms with Crippen LogP contribution in [0.25, 0.3) is 0 Å². The lowest BCUT2D eigenvalue weighted by Gasteiger charge is -2.32. The number of carbonyl (C=O) groups is 2. The summed E-state index contributed by atoms with van der Waals surface area (Å²) < 4.78 is 15.9. The van der Waals surface area contributed by atoms with E-state index < -0.39 is 6.04 Å². The molecule has 0 bridgehead atoms. The Kier molecular flexibility index (Phi) is 5.58. The molecule has 0 aliphatic carbocycles. The third-order valence-electron chi connectivity index (χ3n) is 5.70. The van der Waals surface area contributed by atoms with Crippen molar-refractivity contribution in [1.29, 1.82) is 0 Å². The van der Waals surface area contributed by atoms with E-state index in [1.807, 2.05) is 12.1 Å². The maximum atomic E-state index is 13.2. The van der Waals surface area contributed by atoms with E-state index in [0.29, 0.717) is 41.0 Å². The molecule has 8 heteroatoms. The average molecular weight is 431 g/mol. The van der Waals surface area contributed by atoms with Gasteiger partial charge < -0.3 is 14.2 Å². The molecule has 0 spiro atoms. The topological polar surface area (TPSA) is 68.3 Å². The number of halogens is 1. The van der Waals surface area contributed by atoms with Crippen LogP contribution in [0.5, 0.6) is 17.2 Å². The molecule has 2 aliphatic rings. The first-order valence-electron chi connectivity index (χ1n) is 9.65. The third-order valence-corrected chi connectivity index (χ3v) is 6.00. The van der Waals surface area contributed by atoms with Gasteiger partial charge in [0.15, 0.2) is 11.5 Å². The second-order valence-electron chi connectivity index (χ2n) is 7.30. The number of nitrogens with zero attached hydrogens (tertiary/aromatic N) is 2. The smallest absolute Gasteiger partial charge is 0.251 e. The maximum absolute atomic E-state index is 13.2. The fourth-order valence-electron chi connectivity index (χ4n) is 4.14. The lowest BCUT2D eigenvalue weighted by molar-refractivity contribution is -0.123. The SMILES string of the molecule is COc1ccc(N2C(=O)C[C@@H](N3CCc4cc(OC)c(OC)cc4C3)C2=O)cc1Cl. The van der Waals surface area contributed by atoms with Crippen molar-refractivity contribution < 1.29 is 23.8 Å². The fraction of sp³-hybridized carbons (Fsp3) is 0.364. The van der Waals surface area contributed by atoms with Crippen molar-refractivity contribution in [2.45, 2.75) is 25.4 Å². The molecule has 2 amide bonds. The lowest BCUT2D eigenvalue weighted by atomic mass is 9.97. The number of benzene rings is 2. The zero-order valence-electron chi connectivity index (χ0n) is 17.1. The normalized spacial score (nSPS) is 19.1. The molecule has 0 unspecified atom stereocenters. The van der Waals surface area contributed by atoms with E-state index in [1.165, 1.54) is 17.6 Å². The summed E-state index contributed by atoms with van der Waals surface area (Å²) in [5, 5.41) is 0.354. The number of fused-ring (bicyclic) bond motifs is 1. The van der Waals surface area contributed by atoms with Gasteiger partial charge in [-0.2, -0.15) is 0 Å². The molecule has 0 saturated carbocycles. The van der Waals surface area contributed by atoms with Gasteiger partial charge in [0.2, 0.25) is 5.91 Å². The summed E-state index contributed by atoms with van der Waals surface area (Å²) in [6, 6.07) is 8.34. The van der Waals surface area contributed by atoms with Crippen molar-refractivity contribution >= 4 is 29.1 Å². The summed E-state index contributed by atoms with van der Waals surface area (Å²) in [5.41, 5.74) is 2.70. The highest BCUT2D eigenvalue weighted by atomic mass is 35.5. The number of carbonyl (C=O) groups excluding carboxylic acids is 2. The molecule has 2 aromatic rings. The Labute approximate surface area is 180 Å². The molecule has 2 aromatic carbocycles. The van der Waals surface area contributed by atoms with Crippen LogP contribution in [0.4, 0.5) is 5.69 Å². The van der Waals surface area contributed by atoms with Crippen molar-refractivity contribution in [3.8, 4) is 17.2 Å². The van der Waals surface area contributed by atoms with Crippen LogP contribution in [0.3, 0.4) is 0 Å². The van der Waals surface area contributed by atoms with Gasteiger partial charge >= 0.3 is 0 Å². The summed E-state index contributed by atoms with van der Waals surface area (Å²) in [4.78, 5) is 29.1. The standard InChI is InChI=1S/C22H23ClN2O5/c1-28-18-5-4-15(10-16(18)23)25-21(26)11-17(22(25)27)24-7-6-13-8-19(29-2)20(30-3)9-14(13)12-24/h4-5,8-10,17H,6-7,11-12H2,1-3H3/t17-/m1/s1. The Morgan fingerprint density at radius 1 is 0.933 bits per heavy atom. The van der Waals surface area contributed by atoms with Gasteiger partial charge in [-0.05, 0) is 47.9 Å². The first kappa shape index (κ1) is 20.5. The van der Waals surface area contributed by atoms with E-state index >= 15 is 0 Å². The number of hydrogen-bond acceptors (Lipinski definition) is 6. The van der Waals surface area contributed by atoms with E-state index in [0.717, 1.165) is 12.0 Å². The highest BCUT2D eigenvalue weighted by Crippen LogP contribution is 2.36. The number of imide groups is 1. The molecule has 1 fully saturated rings. The van der Waals surface area contributed by atoms with Gasteiger partial charge in [-0.1, -0.05) is 11.6 Å². The number of ether oxygens (including phenoxy) is 3. The molecule has 2 aliphatic heterocycles. The first-order valence-corrected chi connectivity index (χ1v) is 10.0. The van der Waals surface area contributed by atoms with E-state index in [9.17, 15) is 9.59 Å². The molecular formula is C22H23ClN2O5. The lowest BCUT2D eigenvalue weighted by Crippen LogP contribution is -2.44. The maximum Gasteiger partial charge on any atom is 0.251 e. The van der Waals surface area contributed by atoms with Crippen molar-refractivity contribution in [3.05, 3.63) is 46.5 Å². The second-order valence-corrected chi connectivity index (χ2v) is 7.71. The van der Waals surface area contributed by atoms with Crippen LogP contribution >= 0.6 is 11.6 Å². The molecule has 1 saturated heterocycles. The Morgan fingerprint density at radius 2 is 1.60 bits per heavy atom. The minimum Gasteiger partial charge on any atom is -0.495 e. The second kappa shape index (κ2) is 8.16. The van der Waals surface area contributed by atoms with Gasteiger partial charge in [0, 0.05) is 13.1 Å². The summed E-state index contributed by atoms with van der Waals surface area (Å²) in [6.07, 6.45) is 0.910. The van der Waals surface area contributed by atoms with Gasteiger partial charge in [-0.25, -0.2) is 4.90 Å². The Balaban J connectivity index is 1.57. The van der Waals surface area contributed by atoms with Crippen molar-refractivity contribution in [3.63, 3.8) is 0 Å². The molecule has 30 heavy (non-hydrogen) atoms. The number of rotatable bonds is 5. The van der Waals surface area contributed by atoms with Crippen LogP contribution in [0.1, 0.15) is 17.5 Å². The molecule has 1 atom stereocenters. The van der Waals surface area contributed by atoms with E-state index in [-0.39, 0.29) is 18.2 Å². The molecule has 158 valence electrons. The molecule has 0 N–H and O–H groups in total. The molecule has 4 rings (SSSR count). The summed E-state index contributed by atoms with van der Waals surface area (Å²) >= 11 is 6.19. The minimum atomic E-state index is -0.500. The number of amides is 2. The number of methoxy groups -OCH3 is 3. The Hall–Kier alpha value is -2.77. The highest BCUT2D eigenvalue weighted by Gasteiger charge is 2.43. The van der Waals surface area contributed by atoms with Gasteiger partial charge in [0.1, 0.15) is 5.75 Å². The van der Waals surface area contributed by atoms with E-state index in [2.05, 4.69) is 4.90 Å². The van der Waals surface area contributed by atoms with Crippen LogP contribution in [-0.2, 0) is 22.6 Å². The van der Waals surface area contributed by atoms with Crippen LogP contribution in [0.15, 0.2) is 30.3 Å². The molecule has 0 aromatic heterocycles. The van der Waals surface area contributed by atoms with Gasteiger partial charge in [-0.3, -0.25) is 14.5 Å². The van der Waals surface area contributed by atoms with E-state index in [1.54, 1.807) is 32.4 Å². The van der Waals surface area contributed by atoms with Crippen LogP contribution in [0.2, 0.25) is 5.02 Å². The first-order chi connectivity index (χ1) is 14.5. The average Bonchev–Trinajstić information content (AvgIpc) is 3.06. The number of anilines is 1. The molecular weight excluding hydrogens is 408 g/mol. The summed E-state index contributed by atoms with van der Waals surface area (Å²) in [5.74, 6) is 1.38. The highest BCUT2D eigenvalue weighted by molar-refractivity contribution is 6.33. The van der Waals surface area contributed by atoms with Crippen LogP contribution < -0.4 is 19.1 Å². The molecule has 2 heterocycles.